The van der Waals surface area contributed by atoms with E-state index in [1.54, 1.807) is 0 Å². The van der Waals surface area contributed by atoms with Gasteiger partial charge in [0.25, 0.3) is 0 Å². The van der Waals surface area contributed by atoms with Crippen LogP contribution < -0.4 is 4.74 Å². The molecule has 1 nitrogen and oxygen atoms in total. The highest BCUT2D eigenvalue weighted by atomic mass is 32.1. The average Bonchev–Trinajstić information content (AvgIpc) is 2.50. The second kappa shape index (κ2) is 8.70. The van der Waals surface area contributed by atoms with Crippen LogP contribution in [0.15, 0.2) is 54.6 Å². The number of rotatable bonds is 8. The molecule has 2 heteroatoms. The van der Waals surface area contributed by atoms with Gasteiger partial charge in [0.2, 0.25) is 0 Å². The van der Waals surface area contributed by atoms with E-state index in [2.05, 4.69) is 61.2 Å². The smallest absolute Gasteiger partial charge is 0.119 e. The highest BCUT2D eigenvalue weighted by Crippen LogP contribution is 2.15. The van der Waals surface area contributed by atoms with Crippen molar-refractivity contribution in [3.05, 3.63) is 65.7 Å². The van der Waals surface area contributed by atoms with Crippen molar-refractivity contribution in [3.8, 4) is 5.75 Å². The molecule has 0 aliphatic rings. The first-order chi connectivity index (χ1) is 9.88. The summed E-state index contributed by atoms with van der Waals surface area (Å²) in [7, 11) is 0. The SMILES string of the molecule is SCCCCCOc1ccc(Cc2ccccc2)cc1. The first-order valence-corrected chi connectivity index (χ1v) is 7.88. The number of hydrogen-bond acceptors (Lipinski definition) is 2. The minimum absolute atomic E-state index is 0.797. The Morgan fingerprint density at radius 3 is 2.15 bits per heavy atom. The Balaban J connectivity index is 1.78. The van der Waals surface area contributed by atoms with Crippen LogP contribution in [0, 0.1) is 0 Å². The van der Waals surface area contributed by atoms with E-state index >= 15 is 0 Å². The molecule has 0 saturated heterocycles. The number of unbranched alkanes of at least 4 members (excludes halogenated alkanes) is 2. The summed E-state index contributed by atoms with van der Waals surface area (Å²) in [6, 6.07) is 19.0. The van der Waals surface area contributed by atoms with Crippen molar-refractivity contribution in [2.24, 2.45) is 0 Å². The lowest BCUT2D eigenvalue weighted by Crippen LogP contribution is -1.97. The minimum atomic E-state index is 0.797. The Kier molecular flexibility index (Phi) is 6.52. The zero-order valence-corrected chi connectivity index (χ0v) is 12.7. The first-order valence-electron chi connectivity index (χ1n) is 7.25. The van der Waals surface area contributed by atoms with E-state index in [4.69, 9.17) is 4.74 Å². The van der Waals surface area contributed by atoms with Crippen LogP contribution in [0.5, 0.6) is 5.75 Å². The quantitative estimate of drug-likeness (QED) is 0.544. The molecule has 0 radical (unpaired) electrons. The Labute approximate surface area is 127 Å². The summed E-state index contributed by atoms with van der Waals surface area (Å²) in [6.45, 7) is 0.797. The van der Waals surface area contributed by atoms with Crippen LogP contribution in [0.1, 0.15) is 30.4 Å². The van der Waals surface area contributed by atoms with Crippen LogP contribution in [-0.2, 0) is 6.42 Å². The molecule has 0 bridgehead atoms. The van der Waals surface area contributed by atoms with E-state index in [-0.39, 0.29) is 0 Å². The second-order valence-electron chi connectivity index (χ2n) is 4.94. The Morgan fingerprint density at radius 1 is 0.750 bits per heavy atom. The van der Waals surface area contributed by atoms with Gasteiger partial charge in [0.1, 0.15) is 5.75 Å². The van der Waals surface area contributed by atoms with Crippen molar-refractivity contribution in [1.82, 2.24) is 0 Å². The molecule has 106 valence electrons. The van der Waals surface area contributed by atoms with Crippen molar-refractivity contribution in [2.75, 3.05) is 12.4 Å². The average molecular weight is 286 g/mol. The summed E-state index contributed by atoms with van der Waals surface area (Å²) in [6.07, 6.45) is 4.44. The topological polar surface area (TPSA) is 9.23 Å². The lowest BCUT2D eigenvalue weighted by atomic mass is 10.1. The molecule has 0 unspecified atom stereocenters. The molecular formula is C18H22OS. The van der Waals surface area contributed by atoms with Crippen molar-refractivity contribution in [3.63, 3.8) is 0 Å². The van der Waals surface area contributed by atoms with E-state index in [0.717, 1.165) is 31.0 Å². The van der Waals surface area contributed by atoms with Gasteiger partial charge < -0.3 is 4.74 Å². The standard InChI is InChI=1S/C18H22OS/c20-14-6-2-5-13-19-18-11-9-17(10-12-18)15-16-7-3-1-4-8-16/h1,3-4,7-12,20H,2,5-6,13-15H2. The fourth-order valence-electron chi connectivity index (χ4n) is 2.12. The highest BCUT2D eigenvalue weighted by Gasteiger charge is 1.98. The predicted octanol–water partition coefficient (Wildman–Crippen LogP) is 4.76. The van der Waals surface area contributed by atoms with Gasteiger partial charge in [0, 0.05) is 0 Å². The zero-order chi connectivity index (χ0) is 14.0. The van der Waals surface area contributed by atoms with Gasteiger partial charge in [0.05, 0.1) is 6.61 Å². The Hall–Kier alpha value is -1.41. The Bertz CT molecular complexity index is 479. The van der Waals surface area contributed by atoms with Gasteiger partial charge in [-0.05, 0) is 54.7 Å². The predicted molar refractivity (Wildman–Crippen MR) is 88.9 cm³/mol. The van der Waals surface area contributed by atoms with Crippen LogP contribution in [0.3, 0.4) is 0 Å². The third-order valence-corrected chi connectivity index (χ3v) is 3.56. The molecule has 0 N–H and O–H groups in total. The minimum Gasteiger partial charge on any atom is -0.494 e. The molecule has 0 heterocycles. The van der Waals surface area contributed by atoms with Crippen LogP contribution in [0.4, 0.5) is 0 Å². The van der Waals surface area contributed by atoms with Gasteiger partial charge in [-0.3, -0.25) is 0 Å². The van der Waals surface area contributed by atoms with Crippen molar-refractivity contribution < 1.29 is 4.74 Å². The van der Waals surface area contributed by atoms with Crippen LogP contribution >= 0.6 is 12.6 Å². The summed E-state index contributed by atoms with van der Waals surface area (Å²) in [4.78, 5) is 0. The van der Waals surface area contributed by atoms with E-state index in [9.17, 15) is 0 Å². The Morgan fingerprint density at radius 2 is 1.45 bits per heavy atom. The second-order valence-corrected chi connectivity index (χ2v) is 5.39. The number of hydrogen-bond donors (Lipinski definition) is 1. The van der Waals surface area contributed by atoms with E-state index in [0.29, 0.717) is 0 Å². The summed E-state index contributed by atoms with van der Waals surface area (Å²) in [5.41, 5.74) is 2.66. The van der Waals surface area contributed by atoms with Crippen LogP contribution in [0.2, 0.25) is 0 Å². The van der Waals surface area contributed by atoms with Gasteiger partial charge in [-0.15, -0.1) is 0 Å². The third kappa shape index (κ3) is 5.30. The lowest BCUT2D eigenvalue weighted by molar-refractivity contribution is 0.306. The molecule has 2 aromatic carbocycles. The maximum Gasteiger partial charge on any atom is 0.119 e. The number of thiol groups is 1. The molecule has 0 aliphatic carbocycles. The number of benzene rings is 2. The van der Waals surface area contributed by atoms with E-state index in [1.165, 1.54) is 24.0 Å². The first kappa shape index (κ1) is 15.0. The molecule has 0 fully saturated rings. The van der Waals surface area contributed by atoms with Crippen molar-refractivity contribution in [2.45, 2.75) is 25.7 Å². The van der Waals surface area contributed by atoms with Gasteiger partial charge in [-0.2, -0.15) is 12.6 Å². The molecule has 0 amide bonds. The van der Waals surface area contributed by atoms with Gasteiger partial charge >= 0.3 is 0 Å². The molecule has 0 spiro atoms. The molecule has 2 rings (SSSR count). The summed E-state index contributed by atoms with van der Waals surface area (Å²) in [5.74, 6) is 1.93. The molecular weight excluding hydrogens is 264 g/mol. The zero-order valence-electron chi connectivity index (χ0n) is 11.8. The van der Waals surface area contributed by atoms with E-state index < -0.39 is 0 Å². The lowest BCUT2D eigenvalue weighted by Gasteiger charge is -2.07. The normalized spacial score (nSPS) is 10.4. The molecule has 0 aromatic heterocycles. The maximum atomic E-state index is 5.73. The largest absolute Gasteiger partial charge is 0.494 e. The van der Waals surface area contributed by atoms with E-state index in [1.807, 2.05) is 6.07 Å². The van der Waals surface area contributed by atoms with Gasteiger partial charge in [0.15, 0.2) is 0 Å². The highest BCUT2D eigenvalue weighted by molar-refractivity contribution is 7.80. The van der Waals surface area contributed by atoms with Gasteiger partial charge in [-0.25, -0.2) is 0 Å². The molecule has 2 aromatic rings. The van der Waals surface area contributed by atoms with Crippen molar-refractivity contribution in [1.29, 1.82) is 0 Å². The third-order valence-electron chi connectivity index (χ3n) is 3.25. The fourth-order valence-corrected chi connectivity index (χ4v) is 2.34. The van der Waals surface area contributed by atoms with Crippen LogP contribution in [0.25, 0.3) is 0 Å². The molecule has 0 atom stereocenters. The monoisotopic (exact) mass is 286 g/mol. The maximum absolute atomic E-state index is 5.73. The number of ether oxygens (including phenoxy) is 1. The van der Waals surface area contributed by atoms with Crippen LogP contribution in [-0.4, -0.2) is 12.4 Å². The van der Waals surface area contributed by atoms with Crippen molar-refractivity contribution >= 4 is 12.6 Å². The summed E-state index contributed by atoms with van der Waals surface area (Å²) < 4.78 is 5.73. The molecule has 0 saturated carbocycles. The summed E-state index contributed by atoms with van der Waals surface area (Å²) >= 11 is 4.20. The molecule has 0 aliphatic heterocycles. The molecule has 20 heavy (non-hydrogen) atoms. The van der Waals surface area contributed by atoms with Gasteiger partial charge in [-0.1, -0.05) is 42.5 Å². The fraction of sp³-hybridized carbons (Fsp3) is 0.333. The summed E-state index contributed by atoms with van der Waals surface area (Å²) in [5, 5.41) is 0.